The second kappa shape index (κ2) is 8.90. The van der Waals surface area contributed by atoms with Gasteiger partial charge in [-0.3, -0.25) is 0 Å². The van der Waals surface area contributed by atoms with Gasteiger partial charge in [-0.2, -0.15) is 0 Å². The Morgan fingerprint density at radius 2 is 1.20 bits per heavy atom. The molecule has 0 spiro atoms. The first kappa shape index (κ1) is 8.95. The average molecular weight is 150 g/mol. The maximum Gasteiger partial charge on any atom is 0 e. The molecule has 0 radical (unpaired) electrons. The standard InChI is InChI=1S/C4H6.Mo/c1-3-4-2;/h3-4H,1-2H2;. The molecule has 0 aliphatic rings. The van der Waals surface area contributed by atoms with Crippen molar-refractivity contribution in [3.63, 3.8) is 0 Å². The molecule has 5 heavy (non-hydrogen) atoms. The molecule has 0 heterocycles. The molecule has 0 saturated carbocycles. The fraction of sp³-hybridized carbons (Fsp3) is 0. The molecule has 28 valence electrons. The summed E-state index contributed by atoms with van der Waals surface area (Å²) >= 11 is 0. The summed E-state index contributed by atoms with van der Waals surface area (Å²) in [5.74, 6) is 0. The SMILES string of the molecule is C=CC=C.[Mo]. The molecule has 0 aromatic carbocycles. The third-order valence-corrected chi connectivity index (χ3v) is 0.167. The minimum Gasteiger partial charge on any atom is -0.0991 e. The first-order chi connectivity index (χ1) is 1.91. The van der Waals surface area contributed by atoms with Crippen LogP contribution in [0, 0.1) is 0 Å². The van der Waals surface area contributed by atoms with Gasteiger partial charge in [0.1, 0.15) is 0 Å². The van der Waals surface area contributed by atoms with E-state index in [0.717, 1.165) is 0 Å². The van der Waals surface area contributed by atoms with Gasteiger partial charge in [0, 0.05) is 21.1 Å². The van der Waals surface area contributed by atoms with Crippen LogP contribution in [0.2, 0.25) is 0 Å². The summed E-state index contributed by atoms with van der Waals surface area (Å²) in [5.41, 5.74) is 0. The van der Waals surface area contributed by atoms with Crippen molar-refractivity contribution in [2.45, 2.75) is 0 Å². The van der Waals surface area contributed by atoms with Crippen LogP contribution in [0.25, 0.3) is 0 Å². The van der Waals surface area contributed by atoms with Crippen LogP contribution >= 0.6 is 0 Å². The van der Waals surface area contributed by atoms with E-state index >= 15 is 0 Å². The average Bonchev–Trinajstić information content (AvgIpc) is 1.37. The Morgan fingerprint density at radius 1 is 1.00 bits per heavy atom. The van der Waals surface area contributed by atoms with E-state index in [1.165, 1.54) is 0 Å². The Bertz CT molecular complexity index is 24.6. The van der Waals surface area contributed by atoms with Crippen molar-refractivity contribution in [3.05, 3.63) is 25.3 Å². The Kier molecular flexibility index (Phi) is 15.9. The predicted octanol–water partition coefficient (Wildman–Crippen LogP) is 1.36. The molecular weight excluding hydrogens is 144 g/mol. The van der Waals surface area contributed by atoms with Crippen molar-refractivity contribution in [2.75, 3.05) is 0 Å². The van der Waals surface area contributed by atoms with E-state index in [-0.39, 0.29) is 21.1 Å². The molecule has 0 bridgehead atoms. The molecular formula is C4H6Mo. The first-order valence-corrected chi connectivity index (χ1v) is 1.15. The van der Waals surface area contributed by atoms with Gasteiger partial charge in [0.2, 0.25) is 0 Å². The summed E-state index contributed by atoms with van der Waals surface area (Å²) in [7, 11) is 0. The molecule has 0 aliphatic carbocycles. The molecule has 0 rings (SSSR count). The monoisotopic (exact) mass is 152 g/mol. The predicted molar refractivity (Wildman–Crippen MR) is 20.4 cm³/mol. The van der Waals surface area contributed by atoms with Crippen LogP contribution in [0.4, 0.5) is 0 Å². The second-order valence-corrected chi connectivity index (χ2v) is 0.471. The maximum absolute atomic E-state index is 3.36. The Hall–Kier alpha value is 0.168. The van der Waals surface area contributed by atoms with Gasteiger partial charge >= 0.3 is 0 Å². The number of hydrogen-bond acceptors (Lipinski definition) is 0. The molecule has 0 nitrogen and oxygen atoms in total. The van der Waals surface area contributed by atoms with Gasteiger partial charge in [0.15, 0.2) is 0 Å². The minimum atomic E-state index is 0. The third-order valence-electron chi connectivity index (χ3n) is 0.167. The van der Waals surface area contributed by atoms with Gasteiger partial charge < -0.3 is 0 Å². The number of rotatable bonds is 1. The normalized spacial score (nSPS) is 4.00. The van der Waals surface area contributed by atoms with Crippen LogP contribution in [0.15, 0.2) is 25.3 Å². The molecule has 0 aromatic heterocycles. The first-order valence-electron chi connectivity index (χ1n) is 1.15. The number of allylic oxidation sites excluding steroid dienone is 2. The van der Waals surface area contributed by atoms with E-state index in [2.05, 4.69) is 13.2 Å². The molecule has 0 N–H and O–H groups in total. The topological polar surface area (TPSA) is 0 Å². The summed E-state index contributed by atoms with van der Waals surface area (Å²) in [4.78, 5) is 0. The van der Waals surface area contributed by atoms with Crippen molar-refractivity contribution in [2.24, 2.45) is 0 Å². The molecule has 0 saturated heterocycles. The summed E-state index contributed by atoms with van der Waals surface area (Å²) in [6.07, 6.45) is 3.28. The van der Waals surface area contributed by atoms with Crippen LogP contribution in [-0.4, -0.2) is 0 Å². The molecule has 0 aliphatic heterocycles. The van der Waals surface area contributed by atoms with Gasteiger partial charge in [-0.1, -0.05) is 25.3 Å². The van der Waals surface area contributed by atoms with E-state index in [1.54, 1.807) is 12.2 Å². The van der Waals surface area contributed by atoms with Crippen molar-refractivity contribution in [3.8, 4) is 0 Å². The van der Waals surface area contributed by atoms with Crippen LogP contribution < -0.4 is 0 Å². The van der Waals surface area contributed by atoms with E-state index in [1.807, 2.05) is 0 Å². The maximum atomic E-state index is 3.36. The Morgan fingerprint density at radius 3 is 1.20 bits per heavy atom. The third kappa shape index (κ3) is 14.4. The zero-order valence-electron chi connectivity index (χ0n) is 2.98. The van der Waals surface area contributed by atoms with Crippen LogP contribution in [0.1, 0.15) is 0 Å². The molecule has 0 unspecified atom stereocenters. The van der Waals surface area contributed by atoms with Crippen molar-refractivity contribution < 1.29 is 21.1 Å². The van der Waals surface area contributed by atoms with Crippen LogP contribution in [0.5, 0.6) is 0 Å². The molecule has 1 heteroatoms. The zero-order valence-corrected chi connectivity index (χ0v) is 4.98. The summed E-state index contributed by atoms with van der Waals surface area (Å²) in [5, 5.41) is 0. The van der Waals surface area contributed by atoms with Gasteiger partial charge in [-0.05, 0) is 0 Å². The van der Waals surface area contributed by atoms with Crippen LogP contribution in [-0.2, 0) is 21.1 Å². The van der Waals surface area contributed by atoms with Gasteiger partial charge in [-0.15, -0.1) is 0 Å². The second-order valence-electron chi connectivity index (χ2n) is 0.471. The van der Waals surface area contributed by atoms with Crippen molar-refractivity contribution in [1.82, 2.24) is 0 Å². The van der Waals surface area contributed by atoms with Gasteiger partial charge in [-0.25, -0.2) is 0 Å². The Labute approximate surface area is 46.8 Å². The minimum absolute atomic E-state index is 0. The molecule has 0 atom stereocenters. The van der Waals surface area contributed by atoms with Crippen molar-refractivity contribution in [1.29, 1.82) is 0 Å². The zero-order chi connectivity index (χ0) is 3.41. The smallest absolute Gasteiger partial charge is 0 e. The van der Waals surface area contributed by atoms with Gasteiger partial charge in [0.05, 0.1) is 0 Å². The van der Waals surface area contributed by atoms with E-state index in [4.69, 9.17) is 0 Å². The van der Waals surface area contributed by atoms with E-state index in [9.17, 15) is 0 Å². The van der Waals surface area contributed by atoms with E-state index < -0.39 is 0 Å². The van der Waals surface area contributed by atoms with Crippen LogP contribution in [0.3, 0.4) is 0 Å². The fourth-order valence-corrected chi connectivity index (χ4v) is 0. The fourth-order valence-electron chi connectivity index (χ4n) is 0. The largest absolute Gasteiger partial charge is 0.0991 e. The number of hydrogen-bond donors (Lipinski definition) is 0. The van der Waals surface area contributed by atoms with Crippen molar-refractivity contribution >= 4 is 0 Å². The summed E-state index contributed by atoms with van der Waals surface area (Å²) < 4.78 is 0. The summed E-state index contributed by atoms with van der Waals surface area (Å²) in [6.45, 7) is 6.72. The molecule has 0 fully saturated rings. The molecule has 0 aromatic rings. The summed E-state index contributed by atoms with van der Waals surface area (Å²) in [6, 6.07) is 0. The quantitative estimate of drug-likeness (QED) is 0.391. The molecule has 0 amide bonds. The Balaban J connectivity index is 0. The van der Waals surface area contributed by atoms with E-state index in [0.29, 0.717) is 0 Å². The van der Waals surface area contributed by atoms with Gasteiger partial charge in [0.25, 0.3) is 0 Å².